The Balaban J connectivity index is 1.42. The lowest BCUT2D eigenvalue weighted by molar-refractivity contribution is -0.131. The van der Waals surface area contributed by atoms with Gasteiger partial charge in [0, 0.05) is 32.0 Å². The molecule has 10 nitrogen and oxygen atoms in total. The van der Waals surface area contributed by atoms with E-state index >= 15 is 0 Å². The van der Waals surface area contributed by atoms with Crippen LogP contribution in [0.15, 0.2) is 41.4 Å². The molecule has 3 fully saturated rings. The Kier molecular flexibility index (Phi) is 5.67. The van der Waals surface area contributed by atoms with Gasteiger partial charge in [-0.3, -0.25) is 15.1 Å². The zero-order valence-corrected chi connectivity index (χ0v) is 19.8. The van der Waals surface area contributed by atoms with Crippen LogP contribution in [0, 0.1) is 17.2 Å². The summed E-state index contributed by atoms with van der Waals surface area (Å²) < 4.78 is 25.2. The second-order valence-electron chi connectivity index (χ2n) is 9.23. The maximum Gasteiger partial charge on any atom is 0.244 e. The van der Waals surface area contributed by atoms with E-state index in [0.717, 1.165) is 18.4 Å². The molecular weight excluding hydrogens is 454 g/mol. The smallest absolute Gasteiger partial charge is 0.244 e. The monoisotopic (exact) mass is 481 g/mol. The molecule has 34 heavy (non-hydrogen) atoms. The van der Waals surface area contributed by atoms with E-state index in [1.165, 1.54) is 17.5 Å². The van der Waals surface area contributed by atoms with Gasteiger partial charge < -0.3 is 10.6 Å². The molecule has 1 amide bonds. The Bertz CT molecular complexity index is 1250. The predicted molar refractivity (Wildman–Crippen MR) is 126 cm³/mol. The zero-order valence-electron chi connectivity index (χ0n) is 18.9. The molecule has 178 valence electrons. The van der Waals surface area contributed by atoms with Crippen molar-refractivity contribution >= 4 is 27.2 Å². The summed E-state index contributed by atoms with van der Waals surface area (Å²) in [6, 6.07) is 10.7. The normalized spacial score (nSPS) is 26.6. The lowest BCUT2D eigenvalue weighted by Gasteiger charge is -2.39. The number of pyridine rings is 1. The van der Waals surface area contributed by atoms with Crippen LogP contribution in [-0.4, -0.2) is 56.0 Å². The summed E-state index contributed by atoms with van der Waals surface area (Å²) in [7, 11) is -1.79. The number of benzene rings is 1. The number of nitriles is 1. The number of hydrogen-bond donors (Lipinski definition) is 4. The van der Waals surface area contributed by atoms with Gasteiger partial charge in [-0.25, -0.2) is 18.8 Å². The zero-order chi connectivity index (χ0) is 24.0. The van der Waals surface area contributed by atoms with Crippen molar-refractivity contribution in [2.45, 2.75) is 48.4 Å². The number of sulfone groups is 1. The molecule has 0 bridgehead atoms. The summed E-state index contributed by atoms with van der Waals surface area (Å²) in [5, 5.41) is 20.5. The first-order chi connectivity index (χ1) is 16.2. The number of piperidine rings is 1. The Morgan fingerprint density at radius 3 is 2.65 bits per heavy atom. The standard InChI is InChI=1S/C23H27N7O3S/c1-30-23(31)21-17(26-16-7-6-15(14-4-5-14)9-18(16)34(2,32)33)10-20(28-22(21)29-30)27-19-8-3-13(11-24)12-25-19/h3,6-9,12,14,17,20-22,26,28-29H,4-5,10H2,1-2H3,(H,25,27). The van der Waals surface area contributed by atoms with Crippen molar-refractivity contribution in [2.24, 2.45) is 5.92 Å². The van der Waals surface area contributed by atoms with Gasteiger partial charge in [0.25, 0.3) is 0 Å². The second-order valence-corrected chi connectivity index (χ2v) is 11.2. The van der Waals surface area contributed by atoms with Crippen LogP contribution in [0.2, 0.25) is 0 Å². The van der Waals surface area contributed by atoms with Gasteiger partial charge in [0.15, 0.2) is 9.84 Å². The minimum Gasteiger partial charge on any atom is -0.380 e. The van der Waals surface area contributed by atoms with Gasteiger partial charge in [0.2, 0.25) is 5.91 Å². The van der Waals surface area contributed by atoms with E-state index in [4.69, 9.17) is 5.26 Å². The molecule has 0 spiro atoms. The maximum absolute atomic E-state index is 12.9. The number of nitrogens with one attached hydrogen (secondary N) is 4. The molecule has 1 aliphatic carbocycles. The van der Waals surface area contributed by atoms with Crippen molar-refractivity contribution in [3.63, 3.8) is 0 Å². The van der Waals surface area contributed by atoms with Crippen LogP contribution in [0.1, 0.15) is 36.3 Å². The van der Waals surface area contributed by atoms with E-state index in [0.29, 0.717) is 29.4 Å². The van der Waals surface area contributed by atoms with E-state index in [1.54, 1.807) is 25.2 Å². The molecule has 11 heteroatoms. The van der Waals surface area contributed by atoms with E-state index in [1.807, 2.05) is 18.2 Å². The second kappa shape index (κ2) is 8.54. The highest BCUT2D eigenvalue weighted by Gasteiger charge is 2.48. The van der Waals surface area contributed by atoms with Gasteiger partial charge in [0.1, 0.15) is 11.9 Å². The summed E-state index contributed by atoms with van der Waals surface area (Å²) in [6.45, 7) is 0. The number of anilines is 2. The third-order valence-electron chi connectivity index (χ3n) is 6.62. The van der Waals surface area contributed by atoms with Crippen LogP contribution >= 0.6 is 0 Å². The van der Waals surface area contributed by atoms with Crippen molar-refractivity contribution in [3.05, 3.63) is 47.7 Å². The molecule has 1 saturated carbocycles. The van der Waals surface area contributed by atoms with Crippen molar-refractivity contribution in [3.8, 4) is 6.07 Å². The Labute approximate surface area is 198 Å². The average Bonchev–Trinajstić information content (AvgIpc) is 3.60. The Morgan fingerprint density at radius 1 is 1.21 bits per heavy atom. The number of nitrogens with zero attached hydrogens (tertiary/aromatic N) is 3. The number of fused-ring (bicyclic) bond motifs is 1. The first-order valence-electron chi connectivity index (χ1n) is 11.3. The number of rotatable bonds is 6. The molecule has 2 aliphatic heterocycles. The number of aromatic nitrogens is 1. The minimum atomic E-state index is -3.47. The number of hydrogen-bond acceptors (Lipinski definition) is 9. The fraction of sp³-hybridized carbons (Fsp3) is 0.435. The van der Waals surface area contributed by atoms with E-state index in [-0.39, 0.29) is 29.2 Å². The molecule has 3 aliphatic rings. The summed E-state index contributed by atoms with van der Waals surface area (Å²) in [5.74, 6) is 0.533. The number of hydrazine groups is 1. The number of carbonyl (C=O) groups is 1. The van der Waals surface area contributed by atoms with Gasteiger partial charge in [0.05, 0.1) is 34.4 Å². The van der Waals surface area contributed by atoms with Crippen LogP contribution < -0.4 is 21.4 Å². The van der Waals surface area contributed by atoms with Crippen LogP contribution in [0.3, 0.4) is 0 Å². The highest BCUT2D eigenvalue weighted by Crippen LogP contribution is 2.42. The Hall–Kier alpha value is -3.20. The molecule has 4 N–H and O–H groups in total. The van der Waals surface area contributed by atoms with E-state index < -0.39 is 15.8 Å². The first kappa shape index (κ1) is 22.6. The summed E-state index contributed by atoms with van der Waals surface area (Å²) >= 11 is 0. The molecule has 1 aromatic carbocycles. The fourth-order valence-electron chi connectivity index (χ4n) is 4.76. The van der Waals surface area contributed by atoms with Gasteiger partial charge in [-0.2, -0.15) is 5.26 Å². The molecule has 1 aromatic heterocycles. The molecular formula is C23H27N7O3S. The molecule has 0 radical (unpaired) electrons. The van der Waals surface area contributed by atoms with Crippen LogP contribution in [-0.2, 0) is 14.6 Å². The molecule has 4 atom stereocenters. The molecule has 2 saturated heterocycles. The highest BCUT2D eigenvalue weighted by atomic mass is 32.2. The van der Waals surface area contributed by atoms with Crippen LogP contribution in [0.4, 0.5) is 11.5 Å². The third-order valence-corrected chi connectivity index (χ3v) is 7.76. The molecule has 2 aromatic rings. The van der Waals surface area contributed by atoms with Crippen LogP contribution in [0.25, 0.3) is 0 Å². The third kappa shape index (κ3) is 4.44. The van der Waals surface area contributed by atoms with E-state index in [9.17, 15) is 13.2 Å². The van der Waals surface area contributed by atoms with Crippen LogP contribution in [0.5, 0.6) is 0 Å². The first-order valence-corrected chi connectivity index (χ1v) is 13.1. The fourth-order valence-corrected chi connectivity index (χ4v) is 5.63. The number of carbonyl (C=O) groups excluding carboxylic acids is 1. The quantitative estimate of drug-likeness (QED) is 0.482. The van der Waals surface area contributed by atoms with Crippen molar-refractivity contribution in [1.82, 2.24) is 20.7 Å². The predicted octanol–water partition coefficient (Wildman–Crippen LogP) is 1.37. The molecule has 4 unspecified atom stereocenters. The highest BCUT2D eigenvalue weighted by molar-refractivity contribution is 7.90. The van der Waals surface area contributed by atoms with Gasteiger partial charge in [-0.1, -0.05) is 6.07 Å². The topological polar surface area (TPSA) is 139 Å². The van der Waals surface area contributed by atoms with Crippen molar-refractivity contribution in [2.75, 3.05) is 23.9 Å². The van der Waals surface area contributed by atoms with Gasteiger partial charge in [-0.05, 0) is 48.6 Å². The van der Waals surface area contributed by atoms with Crippen molar-refractivity contribution in [1.29, 1.82) is 5.26 Å². The summed E-state index contributed by atoms with van der Waals surface area (Å²) in [4.78, 5) is 17.4. The molecule has 3 heterocycles. The largest absolute Gasteiger partial charge is 0.380 e. The average molecular weight is 482 g/mol. The summed E-state index contributed by atoms with van der Waals surface area (Å²) in [6.07, 6.45) is 4.78. The SMILES string of the molecule is CN1NC2NC(Nc3ccc(C#N)cn3)CC(Nc3ccc(C4CC4)cc3S(C)(=O)=O)C2C1=O. The Morgan fingerprint density at radius 2 is 2.00 bits per heavy atom. The minimum absolute atomic E-state index is 0.0690. The van der Waals surface area contributed by atoms with Gasteiger partial charge >= 0.3 is 0 Å². The lowest BCUT2D eigenvalue weighted by atomic mass is 9.88. The lowest BCUT2D eigenvalue weighted by Crippen LogP contribution is -2.61. The van der Waals surface area contributed by atoms with Gasteiger partial charge in [-0.15, -0.1) is 0 Å². The molecule has 5 rings (SSSR count). The maximum atomic E-state index is 12.9. The van der Waals surface area contributed by atoms with Crippen molar-refractivity contribution < 1.29 is 13.2 Å². The van der Waals surface area contributed by atoms with E-state index in [2.05, 4.69) is 26.4 Å². The number of amides is 1. The summed E-state index contributed by atoms with van der Waals surface area (Å²) in [5.41, 5.74) is 5.16.